The summed E-state index contributed by atoms with van der Waals surface area (Å²) in [4.78, 5) is 0. The van der Waals surface area contributed by atoms with Crippen molar-refractivity contribution in [2.24, 2.45) is 0 Å². The maximum absolute atomic E-state index is 3.72. The molecule has 1 aromatic carbocycles. The van der Waals surface area contributed by atoms with Gasteiger partial charge in [0.05, 0.1) is 0 Å². The molecule has 1 nitrogen and oxygen atoms in total. The van der Waals surface area contributed by atoms with Crippen LogP contribution in [-0.4, -0.2) is 5.54 Å². The number of rotatable bonds is 1. The highest BCUT2D eigenvalue weighted by atomic mass is 79.9. The topological polar surface area (TPSA) is 12.0 Å². The van der Waals surface area contributed by atoms with Crippen molar-refractivity contribution in [2.45, 2.75) is 44.7 Å². The predicted molar refractivity (Wildman–Crippen MR) is 67.9 cm³/mol. The molecular formula is C13H18BrN. The van der Waals surface area contributed by atoms with Gasteiger partial charge in [-0.3, -0.25) is 0 Å². The van der Waals surface area contributed by atoms with Gasteiger partial charge in [-0.05, 0) is 50.8 Å². The third kappa shape index (κ3) is 2.82. The molecule has 1 aliphatic rings. The van der Waals surface area contributed by atoms with Crippen molar-refractivity contribution in [3.05, 3.63) is 34.3 Å². The summed E-state index contributed by atoms with van der Waals surface area (Å²) in [6.07, 6.45) is 3.84. The minimum Gasteiger partial charge on any atom is -0.305 e. The summed E-state index contributed by atoms with van der Waals surface area (Å²) in [6.45, 7) is 4.58. The molecule has 1 heterocycles. The zero-order valence-corrected chi connectivity index (χ0v) is 11.0. The average Bonchev–Trinajstić information content (AvgIpc) is 2.16. The molecule has 0 amide bonds. The molecule has 2 heteroatoms. The van der Waals surface area contributed by atoms with Crippen LogP contribution in [0, 0.1) is 0 Å². The van der Waals surface area contributed by atoms with Crippen LogP contribution in [0.1, 0.15) is 44.7 Å². The predicted octanol–water partition coefficient (Wildman–Crippen LogP) is 4.04. The number of piperidine rings is 1. The van der Waals surface area contributed by atoms with E-state index in [2.05, 4.69) is 59.4 Å². The van der Waals surface area contributed by atoms with E-state index in [9.17, 15) is 0 Å². The van der Waals surface area contributed by atoms with Gasteiger partial charge in [0.25, 0.3) is 0 Å². The van der Waals surface area contributed by atoms with Crippen LogP contribution in [0.3, 0.4) is 0 Å². The van der Waals surface area contributed by atoms with Crippen LogP contribution >= 0.6 is 15.9 Å². The lowest BCUT2D eigenvalue weighted by atomic mass is 9.86. The first-order valence-corrected chi connectivity index (χ1v) is 6.39. The molecule has 1 fully saturated rings. The summed E-state index contributed by atoms with van der Waals surface area (Å²) in [6, 6.07) is 9.15. The number of nitrogens with one attached hydrogen (secondary N) is 1. The lowest BCUT2D eigenvalue weighted by Gasteiger charge is -2.37. The van der Waals surface area contributed by atoms with E-state index in [1.54, 1.807) is 0 Å². The summed E-state index contributed by atoms with van der Waals surface area (Å²) >= 11 is 3.53. The van der Waals surface area contributed by atoms with Crippen molar-refractivity contribution in [2.75, 3.05) is 0 Å². The second-order valence-electron chi connectivity index (χ2n) is 5.03. The summed E-state index contributed by atoms with van der Waals surface area (Å²) in [5.74, 6) is 0. The van der Waals surface area contributed by atoms with E-state index in [1.807, 2.05) is 0 Å². The molecule has 82 valence electrons. The second kappa shape index (κ2) is 4.26. The molecule has 0 aromatic heterocycles. The molecule has 0 saturated carbocycles. The maximum atomic E-state index is 3.72. The normalized spacial score (nSPS) is 25.1. The highest BCUT2D eigenvalue weighted by Gasteiger charge is 2.27. The van der Waals surface area contributed by atoms with E-state index < -0.39 is 0 Å². The molecule has 1 aliphatic heterocycles. The van der Waals surface area contributed by atoms with Crippen LogP contribution in [0.4, 0.5) is 0 Å². The van der Waals surface area contributed by atoms with Crippen molar-refractivity contribution in [3.8, 4) is 0 Å². The highest BCUT2D eigenvalue weighted by Crippen LogP contribution is 2.31. The first kappa shape index (κ1) is 11.2. The fourth-order valence-electron chi connectivity index (χ4n) is 2.34. The molecule has 0 radical (unpaired) electrons. The van der Waals surface area contributed by atoms with Gasteiger partial charge in [-0.2, -0.15) is 0 Å². The molecule has 1 unspecified atom stereocenters. The van der Waals surface area contributed by atoms with Crippen molar-refractivity contribution in [3.63, 3.8) is 0 Å². The largest absolute Gasteiger partial charge is 0.305 e. The number of halogens is 1. The minimum absolute atomic E-state index is 0.283. The molecule has 0 bridgehead atoms. The Morgan fingerprint density at radius 3 is 2.87 bits per heavy atom. The lowest BCUT2D eigenvalue weighted by Crippen LogP contribution is -2.44. The van der Waals surface area contributed by atoms with Crippen molar-refractivity contribution >= 4 is 15.9 Å². The Kier molecular flexibility index (Phi) is 3.17. The van der Waals surface area contributed by atoms with Crippen LogP contribution < -0.4 is 5.32 Å². The summed E-state index contributed by atoms with van der Waals surface area (Å²) in [5, 5.41) is 3.72. The van der Waals surface area contributed by atoms with Gasteiger partial charge < -0.3 is 5.32 Å². The molecular weight excluding hydrogens is 250 g/mol. The molecule has 0 spiro atoms. The third-order valence-electron chi connectivity index (χ3n) is 3.11. The molecule has 15 heavy (non-hydrogen) atoms. The number of benzene rings is 1. The van der Waals surface area contributed by atoms with Gasteiger partial charge in [-0.15, -0.1) is 0 Å². The molecule has 1 atom stereocenters. The Hall–Kier alpha value is -0.340. The number of hydrogen-bond donors (Lipinski definition) is 1. The molecule has 1 aromatic rings. The fraction of sp³-hybridized carbons (Fsp3) is 0.538. The molecule has 2 rings (SSSR count). The highest BCUT2D eigenvalue weighted by molar-refractivity contribution is 9.10. The van der Waals surface area contributed by atoms with Crippen LogP contribution in [0.5, 0.6) is 0 Å². The monoisotopic (exact) mass is 267 g/mol. The van der Waals surface area contributed by atoms with Gasteiger partial charge in [0.1, 0.15) is 0 Å². The third-order valence-corrected chi connectivity index (χ3v) is 3.60. The van der Waals surface area contributed by atoms with Crippen LogP contribution in [0.15, 0.2) is 28.7 Å². The Morgan fingerprint density at radius 2 is 2.20 bits per heavy atom. The minimum atomic E-state index is 0.283. The lowest BCUT2D eigenvalue weighted by molar-refractivity contribution is 0.245. The van der Waals surface area contributed by atoms with Gasteiger partial charge in [-0.25, -0.2) is 0 Å². The second-order valence-corrected chi connectivity index (χ2v) is 5.94. The van der Waals surface area contributed by atoms with Gasteiger partial charge in [0.15, 0.2) is 0 Å². The molecule has 1 saturated heterocycles. The molecule has 1 N–H and O–H groups in total. The zero-order chi connectivity index (χ0) is 10.9. The smallest absolute Gasteiger partial charge is 0.0325 e. The Labute approximate surface area is 100 Å². The first-order chi connectivity index (χ1) is 7.07. The first-order valence-electron chi connectivity index (χ1n) is 5.60. The van der Waals surface area contributed by atoms with Gasteiger partial charge in [0, 0.05) is 16.1 Å². The Morgan fingerprint density at radius 1 is 1.40 bits per heavy atom. The van der Waals surface area contributed by atoms with Gasteiger partial charge in [0.2, 0.25) is 0 Å². The summed E-state index contributed by atoms with van der Waals surface area (Å²) in [5.41, 5.74) is 1.68. The Bertz CT molecular complexity index is 346. The van der Waals surface area contributed by atoms with E-state index in [4.69, 9.17) is 0 Å². The van der Waals surface area contributed by atoms with Gasteiger partial charge in [-0.1, -0.05) is 28.1 Å². The van der Waals surface area contributed by atoms with Crippen LogP contribution in [0.25, 0.3) is 0 Å². The fourth-order valence-corrected chi connectivity index (χ4v) is 2.75. The summed E-state index contributed by atoms with van der Waals surface area (Å²) in [7, 11) is 0. The van der Waals surface area contributed by atoms with Crippen LogP contribution in [-0.2, 0) is 0 Å². The Balaban J connectivity index is 2.17. The SMILES string of the molecule is CC1(C)CCCC(c2cccc(Br)c2)N1. The van der Waals surface area contributed by atoms with E-state index in [1.165, 1.54) is 29.3 Å². The summed E-state index contributed by atoms with van der Waals surface area (Å²) < 4.78 is 1.17. The van der Waals surface area contributed by atoms with Gasteiger partial charge >= 0.3 is 0 Å². The van der Waals surface area contributed by atoms with E-state index >= 15 is 0 Å². The van der Waals surface area contributed by atoms with Crippen LogP contribution in [0.2, 0.25) is 0 Å². The van der Waals surface area contributed by atoms with Crippen molar-refractivity contribution in [1.82, 2.24) is 5.32 Å². The standard InChI is InChI=1S/C13H18BrN/c1-13(2)8-4-7-12(15-13)10-5-3-6-11(14)9-10/h3,5-6,9,12,15H,4,7-8H2,1-2H3. The molecule has 0 aliphatic carbocycles. The quantitative estimate of drug-likeness (QED) is 0.810. The average molecular weight is 268 g/mol. The van der Waals surface area contributed by atoms with Crippen molar-refractivity contribution in [1.29, 1.82) is 0 Å². The maximum Gasteiger partial charge on any atom is 0.0325 e. The number of hydrogen-bond acceptors (Lipinski definition) is 1. The zero-order valence-electron chi connectivity index (χ0n) is 9.39. The van der Waals surface area contributed by atoms with E-state index in [-0.39, 0.29) is 5.54 Å². The van der Waals surface area contributed by atoms with E-state index in [0.717, 1.165) is 0 Å². The van der Waals surface area contributed by atoms with Crippen molar-refractivity contribution < 1.29 is 0 Å². The van der Waals surface area contributed by atoms with E-state index in [0.29, 0.717) is 6.04 Å².